The van der Waals surface area contributed by atoms with Gasteiger partial charge < -0.3 is 9.67 Å². The average molecular weight is 264 g/mol. The number of allylic oxidation sites excluding steroid dienone is 1. The van der Waals surface area contributed by atoms with Crippen molar-refractivity contribution >= 4 is 17.1 Å². The molecule has 2 heterocycles. The monoisotopic (exact) mass is 264 g/mol. The lowest BCUT2D eigenvalue weighted by Gasteiger charge is -1.99. The molecule has 0 atom stereocenters. The van der Waals surface area contributed by atoms with Crippen LogP contribution in [0.1, 0.15) is 11.1 Å². The molecule has 3 aromatic rings. The van der Waals surface area contributed by atoms with E-state index >= 15 is 0 Å². The van der Waals surface area contributed by atoms with Crippen LogP contribution in [0, 0.1) is 0 Å². The van der Waals surface area contributed by atoms with Crippen molar-refractivity contribution in [3.8, 4) is 0 Å². The second kappa shape index (κ2) is 5.72. The van der Waals surface area contributed by atoms with Gasteiger partial charge in [0.25, 0.3) is 0 Å². The number of aliphatic hydroxyl groups is 1. The maximum absolute atomic E-state index is 9.39. The Bertz CT molecular complexity index is 729. The van der Waals surface area contributed by atoms with Gasteiger partial charge in [0.05, 0.1) is 6.61 Å². The van der Waals surface area contributed by atoms with Gasteiger partial charge in [0, 0.05) is 29.9 Å². The quantitative estimate of drug-likeness (QED) is 0.785. The molecule has 0 unspecified atom stereocenters. The molecule has 3 heteroatoms. The summed E-state index contributed by atoms with van der Waals surface area (Å²) in [4.78, 5) is 4.39. The van der Waals surface area contributed by atoms with Crippen molar-refractivity contribution in [2.24, 2.45) is 0 Å². The predicted octanol–water partition coefficient (Wildman–Crippen LogP) is 3.24. The lowest BCUT2D eigenvalue weighted by atomic mass is 10.2. The minimum atomic E-state index is 0.0393. The van der Waals surface area contributed by atoms with Crippen LogP contribution in [0.15, 0.2) is 60.9 Å². The SMILES string of the molecule is OCc1cn(CC=Cc2ccccc2)c2ncccc12. The Balaban J connectivity index is 1.86. The number of aliphatic hydroxyl groups excluding tert-OH is 1. The molecular weight excluding hydrogens is 248 g/mol. The van der Waals surface area contributed by atoms with Crippen molar-refractivity contribution in [2.45, 2.75) is 13.2 Å². The number of benzene rings is 1. The molecule has 0 aliphatic heterocycles. The number of nitrogens with zero attached hydrogens (tertiary/aromatic N) is 2. The molecular formula is C17H16N2O. The summed E-state index contributed by atoms with van der Waals surface area (Å²) in [6.45, 7) is 0.778. The molecule has 3 nitrogen and oxygen atoms in total. The van der Waals surface area contributed by atoms with Crippen LogP contribution in [0.25, 0.3) is 17.1 Å². The van der Waals surface area contributed by atoms with Gasteiger partial charge in [0.1, 0.15) is 5.65 Å². The first-order chi connectivity index (χ1) is 9.88. The minimum absolute atomic E-state index is 0.0393. The molecule has 3 rings (SSSR count). The summed E-state index contributed by atoms with van der Waals surface area (Å²) >= 11 is 0. The fraction of sp³-hybridized carbons (Fsp3) is 0.118. The van der Waals surface area contributed by atoms with Crippen molar-refractivity contribution in [3.05, 3.63) is 72.1 Å². The van der Waals surface area contributed by atoms with E-state index in [-0.39, 0.29) is 6.61 Å². The van der Waals surface area contributed by atoms with Gasteiger partial charge in [0.2, 0.25) is 0 Å². The average Bonchev–Trinajstić information content (AvgIpc) is 2.87. The summed E-state index contributed by atoms with van der Waals surface area (Å²) in [5.74, 6) is 0. The number of fused-ring (bicyclic) bond motifs is 1. The molecule has 1 aromatic carbocycles. The third kappa shape index (κ3) is 2.49. The highest BCUT2D eigenvalue weighted by Gasteiger charge is 2.06. The number of aromatic nitrogens is 2. The van der Waals surface area contributed by atoms with Crippen LogP contribution in [0.3, 0.4) is 0 Å². The topological polar surface area (TPSA) is 38.0 Å². The molecule has 0 aliphatic carbocycles. The van der Waals surface area contributed by atoms with Gasteiger partial charge in [-0.25, -0.2) is 4.98 Å². The van der Waals surface area contributed by atoms with Gasteiger partial charge >= 0.3 is 0 Å². The number of hydrogen-bond acceptors (Lipinski definition) is 2. The number of pyridine rings is 1. The van der Waals surface area contributed by atoms with Crippen molar-refractivity contribution in [2.75, 3.05) is 0 Å². The van der Waals surface area contributed by atoms with Gasteiger partial charge in [-0.1, -0.05) is 42.5 Å². The summed E-state index contributed by atoms with van der Waals surface area (Å²) in [5, 5.41) is 10.4. The zero-order valence-corrected chi connectivity index (χ0v) is 11.1. The molecule has 0 saturated heterocycles. The summed E-state index contributed by atoms with van der Waals surface area (Å²) in [6, 6.07) is 14.1. The third-order valence-corrected chi connectivity index (χ3v) is 3.30. The highest BCUT2D eigenvalue weighted by molar-refractivity contribution is 5.80. The van der Waals surface area contributed by atoms with Crippen LogP contribution in [-0.4, -0.2) is 14.7 Å². The Morgan fingerprint density at radius 1 is 1.10 bits per heavy atom. The van der Waals surface area contributed by atoms with Crippen molar-refractivity contribution in [1.29, 1.82) is 0 Å². The van der Waals surface area contributed by atoms with Gasteiger partial charge in [-0.05, 0) is 17.7 Å². The Kier molecular flexibility index (Phi) is 3.61. The molecule has 0 aliphatic rings. The fourth-order valence-electron chi connectivity index (χ4n) is 2.33. The first-order valence-corrected chi connectivity index (χ1v) is 6.63. The van der Waals surface area contributed by atoms with Crippen molar-refractivity contribution in [1.82, 2.24) is 9.55 Å². The highest BCUT2D eigenvalue weighted by atomic mass is 16.3. The zero-order valence-electron chi connectivity index (χ0n) is 11.1. The summed E-state index contributed by atoms with van der Waals surface area (Å²) in [6.07, 6.45) is 7.94. The number of hydrogen-bond donors (Lipinski definition) is 1. The van der Waals surface area contributed by atoms with Gasteiger partial charge in [-0.3, -0.25) is 0 Å². The third-order valence-electron chi connectivity index (χ3n) is 3.30. The van der Waals surface area contributed by atoms with E-state index in [9.17, 15) is 5.11 Å². The highest BCUT2D eigenvalue weighted by Crippen LogP contribution is 2.19. The molecule has 0 saturated carbocycles. The fourth-order valence-corrected chi connectivity index (χ4v) is 2.33. The summed E-state index contributed by atoms with van der Waals surface area (Å²) < 4.78 is 2.06. The molecule has 0 spiro atoms. The lowest BCUT2D eigenvalue weighted by Crippen LogP contribution is -1.94. The van der Waals surface area contributed by atoms with E-state index in [1.165, 1.54) is 5.56 Å². The van der Waals surface area contributed by atoms with E-state index in [1.807, 2.05) is 36.5 Å². The van der Waals surface area contributed by atoms with Crippen LogP contribution in [0.4, 0.5) is 0 Å². The molecule has 0 bridgehead atoms. The maximum atomic E-state index is 9.39. The van der Waals surface area contributed by atoms with E-state index in [2.05, 4.69) is 33.8 Å². The van der Waals surface area contributed by atoms with Crippen LogP contribution in [0.5, 0.6) is 0 Å². The van der Waals surface area contributed by atoms with Crippen LogP contribution >= 0.6 is 0 Å². The van der Waals surface area contributed by atoms with E-state index in [4.69, 9.17) is 0 Å². The summed E-state index contributed by atoms with van der Waals surface area (Å²) in [5.41, 5.74) is 3.01. The second-order valence-corrected chi connectivity index (χ2v) is 4.65. The lowest BCUT2D eigenvalue weighted by molar-refractivity contribution is 0.283. The Morgan fingerprint density at radius 2 is 1.95 bits per heavy atom. The molecule has 0 fully saturated rings. The number of rotatable bonds is 4. The molecule has 2 aromatic heterocycles. The molecule has 0 radical (unpaired) electrons. The molecule has 20 heavy (non-hydrogen) atoms. The van der Waals surface area contributed by atoms with Crippen LogP contribution < -0.4 is 0 Å². The zero-order chi connectivity index (χ0) is 13.8. The molecule has 1 N–H and O–H groups in total. The largest absolute Gasteiger partial charge is 0.392 e. The van der Waals surface area contributed by atoms with Crippen LogP contribution in [-0.2, 0) is 13.2 Å². The maximum Gasteiger partial charge on any atom is 0.140 e. The Labute approximate surface area is 117 Å². The standard InChI is InChI=1S/C17H16N2O/c20-13-15-12-19(17-16(15)9-4-10-18-17)11-5-8-14-6-2-1-3-7-14/h1-10,12,20H,11,13H2. The van der Waals surface area contributed by atoms with E-state index in [1.54, 1.807) is 6.20 Å². The van der Waals surface area contributed by atoms with Crippen molar-refractivity contribution in [3.63, 3.8) is 0 Å². The first kappa shape index (κ1) is 12.6. The first-order valence-electron chi connectivity index (χ1n) is 6.63. The van der Waals surface area contributed by atoms with E-state index < -0.39 is 0 Å². The predicted molar refractivity (Wildman–Crippen MR) is 81.1 cm³/mol. The Hall–Kier alpha value is -2.39. The van der Waals surface area contributed by atoms with E-state index in [0.717, 1.165) is 23.1 Å². The normalized spacial score (nSPS) is 11.4. The summed E-state index contributed by atoms with van der Waals surface area (Å²) in [7, 11) is 0. The van der Waals surface area contributed by atoms with Gasteiger partial charge in [-0.2, -0.15) is 0 Å². The van der Waals surface area contributed by atoms with Gasteiger partial charge in [-0.15, -0.1) is 0 Å². The second-order valence-electron chi connectivity index (χ2n) is 4.65. The van der Waals surface area contributed by atoms with Crippen molar-refractivity contribution < 1.29 is 5.11 Å². The molecule has 100 valence electrons. The molecule has 0 amide bonds. The smallest absolute Gasteiger partial charge is 0.140 e. The van der Waals surface area contributed by atoms with E-state index in [0.29, 0.717) is 0 Å². The van der Waals surface area contributed by atoms with Gasteiger partial charge in [0.15, 0.2) is 0 Å². The Morgan fingerprint density at radius 3 is 2.75 bits per heavy atom. The van der Waals surface area contributed by atoms with Crippen LogP contribution in [0.2, 0.25) is 0 Å². The minimum Gasteiger partial charge on any atom is -0.392 e.